The molecule has 1 aromatic heterocycles. The summed E-state index contributed by atoms with van der Waals surface area (Å²) in [6.07, 6.45) is 4.54. The van der Waals surface area contributed by atoms with Crippen molar-refractivity contribution in [1.82, 2.24) is 4.72 Å². The molecule has 0 unspecified atom stereocenters. The van der Waals surface area contributed by atoms with Gasteiger partial charge in [0.25, 0.3) is 0 Å². The van der Waals surface area contributed by atoms with Crippen LogP contribution in [0.3, 0.4) is 0 Å². The first-order valence-electron chi connectivity index (χ1n) is 4.84. The van der Waals surface area contributed by atoms with E-state index in [1.807, 2.05) is 19.1 Å². The first-order chi connectivity index (χ1) is 7.47. The van der Waals surface area contributed by atoms with Gasteiger partial charge in [-0.05, 0) is 42.3 Å². The van der Waals surface area contributed by atoms with E-state index in [1.165, 1.54) is 11.3 Å². The highest BCUT2D eigenvalue weighted by Gasteiger charge is 2.18. The van der Waals surface area contributed by atoms with Crippen LogP contribution >= 0.6 is 27.3 Å². The van der Waals surface area contributed by atoms with Crippen LogP contribution in [0.2, 0.25) is 0 Å². The van der Waals surface area contributed by atoms with Crippen molar-refractivity contribution in [2.45, 2.75) is 25.2 Å². The summed E-state index contributed by atoms with van der Waals surface area (Å²) in [5, 5.41) is 0. The minimum atomic E-state index is -3.35. The topological polar surface area (TPSA) is 46.2 Å². The maximum Gasteiger partial charge on any atom is 0.241 e. The van der Waals surface area contributed by atoms with E-state index in [2.05, 4.69) is 20.7 Å². The second-order valence-corrected chi connectivity index (χ2v) is 7.60. The number of hydrogen-bond donors (Lipinski definition) is 1. The Morgan fingerprint density at radius 1 is 1.56 bits per heavy atom. The van der Waals surface area contributed by atoms with Crippen molar-refractivity contribution in [2.75, 3.05) is 6.54 Å². The second kappa shape index (κ2) is 5.95. The van der Waals surface area contributed by atoms with Crippen LogP contribution in [0.15, 0.2) is 26.9 Å². The van der Waals surface area contributed by atoms with E-state index < -0.39 is 10.0 Å². The largest absolute Gasteiger partial charge is 0.241 e. The molecule has 0 atom stereocenters. The number of allylic oxidation sites excluding steroid dienone is 1. The molecule has 0 saturated heterocycles. The zero-order valence-electron chi connectivity index (χ0n) is 9.16. The summed E-state index contributed by atoms with van der Waals surface area (Å²) < 4.78 is 27.2. The lowest BCUT2D eigenvalue weighted by atomic mass is 10.4. The molecule has 6 heteroatoms. The molecule has 3 nitrogen and oxygen atoms in total. The van der Waals surface area contributed by atoms with Gasteiger partial charge in [0.15, 0.2) is 0 Å². The number of aryl methyl sites for hydroxylation is 1. The van der Waals surface area contributed by atoms with Crippen LogP contribution in [0.1, 0.15) is 18.2 Å². The van der Waals surface area contributed by atoms with Gasteiger partial charge in [0.1, 0.15) is 0 Å². The van der Waals surface area contributed by atoms with Crippen molar-refractivity contribution in [3.63, 3.8) is 0 Å². The second-order valence-electron chi connectivity index (χ2n) is 3.23. The van der Waals surface area contributed by atoms with Gasteiger partial charge in [-0.2, -0.15) is 0 Å². The third-order valence-corrected chi connectivity index (χ3v) is 5.24. The SMILES string of the molecule is C/C=C/CCNS(=O)(=O)c1cc(Br)sc1C. The lowest BCUT2D eigenvalue weighted by Gasteiger charge is -2.04. The molecule has 1 N–H and O–H groups in total. The maximum absolute atomic E-state index is 11.9. The predicted molar refractivity (Wildman–Crippen MR) is 71.4 cm³/mol. The molecular weight excluding hydrogens is 310 g/mol. The van der Waals surface area contributed by atoms with Gasteiger partial charge in [-0.25, -0.2) is 13.1 Å². The van der Waals surface area contributed by atoms with Crippen molar-refractivity contribution in [3.05, 3.63) is 26.9 Å². The molecule has 0 fully saturated rings. The Bertz CT molecular complexity index is 477. The molecule has 0 aromatic carbocycles. The average Bonchev–Trinajstić information content (AvgIpc) is 2.53. The smallest absolute Gasteiger partial charge is 0.211 e. The average molecular weight is 324 g/mol. The van der Waals surface area contributed by atoms with Gasteiger partial charge in [0.2, 0.25) is 10.0 Å². The highest BCUT2D eigenvalue weighted by molar-refractivity contribution is 9.11. The van der Waals surface area contributed by atoms with Crippen LogP contribution in [-0.2, 0) is 10.0 Å². The van der Waals surface area contributed by atoms with E-state index in [-0.39, 0.29) is 0 Å². The van der Waals surface area contributed by atoms with Crippen LogP contribution in [-0.4, -0.2) is 15.0 Å². The predicted octanol–water partition coefficient (Wildman–Crippen LogP) is 3.06. The molecule has 1 rings (SSSR count). The van der Waals surface area contributed by atoms with Crippen molar-refractivity contribution < 1.29 is 8.42 Å². The van der Waals surface area contributed by atoms with Crippen LogP contribution in [0, 0.1) is 6.92 Å². The minimum absolute atomic E-state index is 0.366. The van der Waals surface area contributed by atoms with Crippen LogP contribution in [0.25, 0.3) is 0 Å². The Hall–Kier alpha value is -0.170. The van der Waals surface area contributed by atoms with Gasteiger partial charge >= 0.3 is 0 Å². The number of thiophene rings is 1. The van der Waals surface area contributed by atoms with Gasteiger partial charge in [-0.3, -0.25) is 0 Å². The number of hydrogen-bond acceptors (Lipinski definition) is 3. The Labute approximate surface area is 109 Å². The summed E-state index contributed by atoms with van der Waals surface area (Å²) in [7, 11) is -3.35. The van der Waals surface area contributed by atoms with E-state index in [1.54, 1.807) is 13.0 Å². The Morgan fingerprint density at radius 2 is 2.25 bits per heavy atom. The molecule has 90 valence electrons. The Kier molecular flexibility index (Phi) is 5.17. The van der Waals surface area contributed by atoms with Gasteiger partial charge in [-0.1, -0.05) is 12.2 Å². The van der Waals surface area contributed by atoms with Crippen LogP contribution in [0.4, 0.5) is 0 Å². The first-order valence-corrected chi connectivity index (χ1v) is 7.93. The third-order valence-electron chi connectivity index (χ3n) is 1.97. The molecule has 16 heavy (non-hydrogen) atoms. The monoisotopic (exact) mass is 323 g/mol. The first kappa shape index (κ1) is 13.9. The molecule has 1 heterocycles. The molecule has 1 aromatic rings. The molecule has 0 saturated carbocycles. The van der Waals surface area contributed by atoms with E-state index in [0.717, 1.165) is 8.66 Å². The summed E-state index contributed by atoms with van der Waals surface area (Å²) in [6, 6.07) is 1.64. The van der Waals surface area contributed by atoms with Gasteiger partial charge in [0.05, 0.1) is 8.68 Å². The van der Waals surface area contributed by atoms with E-state index in [4.69, 9.17) is 0 Å². The fourth-order valence-electron chi connectivity index (χ4n) is 1.22. The van der Waals surface area contributed by atoms with Crippen LogP contribution in [0.5, 0.6) is 0 Å². The standard InChI is InChI=1S/C10H14BrNO2S2/c1-3-4-5-6-12-16(13,14)9-7-10(11)15-8(9)2/h3-4,7,12H,5-6H2,1-2H3/b4-3+. The fraction of sp³-hybridized carbons (Fsp3) is 0.400. The molecule has 0 aliphatic rings. The number of halogens is 1. The molecule has 0 bridgehead atoms. The number of nitrogens with one attached hydrogen (secondary N) is 1. The molecular formula is C10H14BrNO2S2. The quantitative estimate of drug-likeness (QED) is 0.668. The van der Waals surface area contributed by atoms with Crippen molar-refractivity contribution in [2.24, 2.45) is 0 Å². The molecule has 0 amide bonds. The zero-order valence-corrected chi connectivity index (χ0v) is 12.4. The van der Waals surface area contributed by atoms with E-state index >= 15 is 0 Å². The lowest BCUT2D eigenvalue weighted by molar-refractivity contribution is 0.582. The molecule has 0 radical (unpaired) electrons. The van der Waals surface area contributed by atoms with Crippen molar-refractivity contribution in [3.8, 4) is 0 Å². The van der Waals surface area contributed by atoms with Crippen molar-refractivity contribution in [1.29, 1.82) is 0 Å². The molecule has 0 aliphatic heterocycles. The normalized spacial score (nSPS) is 12.4. The zero-order chi connectivity index (χ0) is 12.2. The van der Waals surface area contributed by atoms with E-state index in [9.17, 15) is 8.42 Å². The lowest BCUT2D eigenvalue weighted by Crippen LogP contribution is -2.24. The maximum atomic E-state index is 11.9. The summed E-state index contributed by atoms with van der Waals surface area (Å²) in [6.45, 7) is 4.14. The molecule has 0 aliphatic carbocycles. The van der Waals surface area contributed by atoms with Crippen LogP contribution < -0.4 is 4.72 Å². The fourth-order valence-corrected chi connectivity index (χ4v) is 4.68. The van der Waals surface area contributed by atoms with Gasteiger partial charge in [-0.15, -0.1) is 11.3 Å². The highest BCUT2D eigenvalue weighted by Crippen LogP contribution is 2.29. The Morgan fingerprint density at radius 3 is 2.75 bits per heavy atom. The number of rotatable bonds is 5. The Balaban J connectivity index is 2.74. The van der Waals surface area contributed by atoms with E-state index in [0.29, 0.717) is 17.9 Å². The summed E-state index contributed by atoms with van der Waals surface area (Å²) >= 11 is 4.71. The third kappa shape index (κ3) is 3.69. The minimum Gasteiger partial charge on any atom is -0.211 e. The van der Waals surface area contributed by atoms with Gasteiger partial charge in [0, 0.05) is 11.4 Å². The van der Waals surface area contributed by atoms with Gasteiger partial charge < -0.3 is 0 Å². The summed E-state index contributed by atoms with van der Waals surface area (Å²) in [5.74, 6) is 0. The summed E-state index contributed by atoms with van der Waals surface area (Å²) in [5.41, 5.74) is 0. The summed E-state index contributed by atoms with van der Waals surface area (Å²) in [4.78, 5) is 1.16. The number of sulfonamides is 1. The highest BCUT2D eigenvalue weighted by atomic mass is 79.9. The molecule has 0 spiro atoms. The van der Waals surface area contributed by atoms with Crippen molar-refractivity contribution >= 4 is 37.3 Å².